The normalized spacial score (nSPS) is 14.9. The summed E-state index contributed by atoms with van der Waals surface area (Å²) in [6, 6.07) is 5.51. The summed E-state index contributed by atoms with van der Waals surface area (Å²) in [6.45, 7) is 4.74. The summed E-state index contributed by atoms with van der Waals surface area (Å²) in [6.07, 6.45) is 3.48. The number of nitrogens with one attached hydrogen (secondary N) is 2. The molecule has 0 spiro atoms. The van der Waals surface area contributed by atoms with Crippen LogP contribution in [0.5, 0.6) is 0 Å². The number of hydrogen-bond acceptors (Lipinski definition) is 5. The van der Waals surface area contributed by atoms with Gasteiger partial charge in [0, 0.05) is 57.3 Å². The SMILES string of the molecule is O=C(NCCN1CCN(c2ncccn2)CC1)Nc1ccc(F)c(Cl)c1. The summed E-state index contributed by atoms with van der Waals surface area (Å²) in [7, 11) is 0. The van der Waals surface area contributed by atoms with Crippen LogP contribution in [0.1, 0.15) is 0 Å². The Morgan fingerprint density at radius 2 is 1.92 bits per heavy atom. The van der Waals surface area contributed by atoms with Crippen molar-refractivity contribution in [3.05, 3.63) is 47.5 Å². The number of rotatable bonds is 5. The largest absolute Gasteiger partial charge is 0.338 e. The van der Waals surface area contributed by atoms with E-state index in [1.807, 2.05) is 0 Å². The van der Waals surface area contributed by atoms with E-state index in [0.717, 1.165) is 38.7 Å². The summed E-state index contributed by atoms with van der Waals surface area (Å²) < 4.78 is 13.1. The summed E-state index contributed by atoms with van der Waals surface area (Å²) >= 11 is 5.69. The number of halogens is 2. The van der Waals surface area contributed by atoms with Crippen molar-refractivity contribution in [2.24, 2.45) is 0 Å². The van der Waals surface area contributed by atoms with Gasteiger partial charge in [0.25, 0.3) is 0 Å². The van der Waals surface area contributed by atoms with Crippen molar-refractivity contribution in [3.63, 3.8) is 0 Å². The van der Waals surface area contributed by atoms with Crippen LogP contribution >= 0.6 is 11.6 Å². The zero-order chi connectivity index (χ0) is 18.4. The molecule has 1 fully saturated rings. The number of urea groups is 1. The van der Waals surface area contributed by atoms with Crippen LogP contribution in [-0.4, -0.2) is 60.2 Å². The Labute approximate surface area is 156 Å². The fourth-order valence-electron chi connectivity index (χ4n) is 2.70. The number of aromatic nitrogens is 2. The summed E-state index contributed by atoms with van der Waals surface area (Å²) in [5.41, 5.74) is 0.449. The molecule has 9 heteroatoms. The highest BCUT2D eigenvalue weighted by Gasteiger charge is 2.18. The molecule has 2 amide bonds. The van der Waals surface area contributed by atoms with Gasteiger partial charge in [0.2, 0.25) is 5.95 Å². The van der Waals surface area contributed by atoms with Gasteiger partial charge in [-0.3, -0.25) is 4.90 Å². The average molecular weight is 379 g/mol. The zero-order valence-corrected chi connectivity index (χ0v) is 14.9. The van der Waals surface area contributed by atoms with E-state index in [4.69, 9.17) is 11.6 Å². The molecule has 1 aliphatic rings. The van der Waals surface area contributed by atoms with E-state index < -0.39 is 5.82 Å². The topological polar surface area (TPSA) is 73.4 Å². The van der Waals surface area contributed by atoms with Crippen LogP contribution in [-0.2, 0) is 0 Å². The molecule has 1 aromatic carbocycles. The quantitative estimate of drug-likeness (QED) is 0.834. The van der Waals surface area contributed by atoms with Crippen molar-refractivity contribution in [2.75, 3.05) is 49.5 Å². The lowest BCUT2D eigenvalue weighted by Crippen LogP contribution is -2.49. The van der Waals surface area contributed by atoms with Gasteiger partial charge in [-0.15, -0.1) is 0 Å². The minimum absolute atomic E-state index is 0.0249. The summed E-state index contributed by atoms with van der Waals surface area (Å²) in [5, 5.41) is 5.40. The van der Waals surface area contributed by atoms with Gasteiger partial charge in [0.15, 0.2) is 0 Å². The first kappa shape index (κ1) is 18.3. The monoisotopic (exact) mass is 378 g/mol. The second-order valence-electron chi connectivity index (χ2n) is 5.89. The number of nitrogens with zero attached hydrogens (tertiary/aromatic N) is 4. The third-order valence-corrected chi connectivity index (χ3v) is 4.39. The highest BCUT2D eigenvalue weighted by Crippen LogP contribution is 2.19. The first-order valence-electron chi connectivity index (χ1n) is 8.36. The van der Waals surface area contributed by atoms with E-state index in [0.29, 0.717) is 12.2 Å². The van der Waals surface area contributed by atoms with Crippen molar-refractivity contribution in [2.45, 2.75) is 0 Å². The Morgan fingerprint density at radius 1 is 1.19 bits per heavy atom. The molecule has 1 saturated heterocycles. The highest BCUT2D eigenvalue weighted by molar-refractivity contribution is 6.31. The minimum Gasteiger partial charge on any atom is -0.338 e. The maximum atomic E-state index is 13.1. The summed E-state index contributed by atoms with van der Waals surface area (Å²) in [4.78, 5) is 24.8. The molecule has 26 heavy (non-hydrogen) atoms. The molecule has 3 rings (SSSR count). The number of anilines is 2. The van der Waals surface area contributed by atoms with Gasteiger partial charge >= 0.3 is 6.03 Å². The predicted molar refractivity (Wildman–Crippen MR) is 99.1 cm³/mol. The Morgan fingerprint density at radius 3 is 2.62 bits per heavy atom. The van der Waals surface area contributed by atoms with Crippen molar-refractivity contribution < 1.29 is 9.18 Å². The van der Waals surface area contributed by atoms with E-state index in [9.17, 15) is 9.18 Å². The second kappa shape index (κ2) is 8.77. The molecule has 0 radical (unpaired) electrons. The molecule has 7 nitrogen and oxygen atoms in total. The molecular formula is C17H20ClFN6O. The molecule has 0 bridgehead atoms. The smallest absolute Gasteiger partial charge is 0.319 e. The molecule has 2 heterocycles. The Balaban J connectivity index is 1.36. The fraction of sp³-hybridized carbons (Fsp3) is 0.353. The van der Waals surface area contributed by atoms with E-state index in [1.54, 1.807) is 18.5 Å². The van der Waals surface area contributed by atoms with Crippen LogP contribution in [0.25, 0.3) is 0 Å². The number of carbonyl (C=O) groups is 1. The molecule has 1 aromatic heterocycles. The fourth-order valence-corrected chi connectivity index (χ4v) is 2.88. The highest BCUT2D eigenvalue weighted by atomic mass is 35.5. The Hall–Kier alpha value is -2.45. The van der Waals surface area contributed by atoms with E-state index in [2.05, 4.69) is 30.4 Å². The van der Waals surface area contributed by atoms with E-state index in [-0.39, 0.29) is 11.1 Å². The van der Waals surface area contributed by atoms with Gasteiger partial charge in [0.1, 0.15) is 5.82 Å². The lowest BCUT2D eigenvalue weighted by Gasteiger charge is -2.34. The standard InChI is InChI=1S/C17H20ClFN6O/c18-14-12-13(2-3-15(14)19)23-17(26)22-6-7-24-8-10-25(11-9-24)16-20-4-1-5-21-16/h1-5,12H,6-11H2,(H2,22,23,26). The third-order valence-electron chi connectivity index (χ3n) is 4.10. The number of amides is 2. The minimum atomic E-state index is -0.516. The van der Waals surface area contributed by atoms with Crippen molar-refractivity contribution in [1.29, 1.82) is 0 Å². The number of carbonyl (C=O) groups excluding carboxylic acids is 1. The maximum Gasteiger partial charge on any atom is 0.319 e. The van der Waals surface area contributed by atoms with Crippen LogP contribution in [0.2, 0.25) is 5.02 Å². The zero-order valence-electron chi connectivity index (χ0n) is 14.2. The van der Waals surface area contributed by atoms with Crippen LogP contribution in [0, 0.1) is 5.82 Å². The van der Waals surface area contributed by atoms with Crippen molar-refractivity contribution in [3.8, 4) is 0 Å². The molecule has 2 aromatic rings. The number of hydrogen-bond donors (Lipinski definition) is 2. The van der Waals surface area contributed by atoms with Gasteiger partial charge in [0.05, 0.1) is 5.02 Å². The van der Waals surface area contributed by atoms with Crippen molar-refractivity contribution >= 4 is 29.3 Å². The first-order chi connectivity index (χ1) is 12.6. The lowest BCUT2D eigenvalue weighted by molar-refractivity contribution is 0.240. The maximum absolute atomic E-state index is 13.1. The van der Waals surface area contributed by atoms with Gasteiger partial charge in [-0.05, 0) is 24.3 Å². The van der Waals surface area contributed by atoms with Gasteiger partial charge in [-0.25, -0.2) is 19.2 Å². The third kappa shape index (κ3) is 5.03. The van der Waals surface area contributed by atoms with Gasteiger partial charge in [-0.1, -0.05) is 11.6 Å². The molecule has 0 unspecified atom stereocenters. The Kier molecular flexibility index (Phi) is 6.19. The molecule has 0 saturated carbocycles. The van der Waals surface area contributed by atoms with Crippen LogP contribution < -0.4 is 15.5 Å². The lowest BCUT2D eigenvalue weighted by atomic mass is 10.3. The molecule has 138 valence electrons. The second-order valence-corrected chi connectivity index (χ2v) is 6.29. The average Bonchev–Trinajstić information content (AvgIpc) is 2.66. The number of piperazine rings is 1. The first-order valence-corrected chi connectivity index (χ1v) is 8.74. The van der Waals surface area contributed by atoms with Crippen molar-refractivity contribution in [1.82, 2.24) is 20.2 Å². The van der Waals surface area contributed by atoms with Crippen LogP contribution in [0.4, 0.5) is 20.8 Å². The predicted octanol–water partition coefficient (Wildman–Crippen LogP) is 2.21. The van der Waals surface area contributed by atoms with E-state index >= 15 is 0 Å². The van der Waals surface area contributed by atoms with Gasteiger partial charge < -0.3 is 15.5 Å². The molecule has 0 atom stereocenters. The Bertz CT molecular complexity index is 739. The number of benzene rings is 1. The van der Waals surface area contributed by atoms with Crippen LogP contribution in [0.3, 0.4) is 0 Å². The molecule has 1 aliphatic heterocycles. The van der Waals surface area contributed by atoms with E-state index in [1.165, 1.54) is 18.2 Å². The van der Waals surface area contributed by atoms with Crippen LogP contribution in [0.15, 0.2) is 36.7 Å². The molecular weight excluding hydrogens is 359 g/mol. The molecule has 2 N–H and O–H groups in total. The molecule has 0 aliphatic carbocycles. The summed E-state index contributed by atoms with van der Waals surface area (Å²) in [5.74, 6) is 0.236. The van der Waals surface area contributed by atoms with Gasteiger partial charge in [-0.2, -0.15) is 0 Å².